The maximum atomic E-state index is 11.0. The van der Waals surface area contributed by atoms with Crippen molar-refractivity contribution < 1.29 is 13.2 Å². The summed E-state index contributed by atoms with van der Waals surface area (Å²) in [7, 11) is 3.18. The minimum atomic E-state index is -3.55. The standard InChI is InChI=1S/C10H13ClO3S/c1-7-4-5-9(6-15(11,12)13)10(14-3)8(7)2/h4-5H,6H2,1-3H3. The largest absolute Gasteiger partial charge is 0.496 e. The van der Waals surface area contributed by atoms with E-state index in [2.05, 4.69) is 0 Å². The van der Waals surface area contributed by atoms with Crippen LogP contribution in [0.3, 0.4) is 0 Å². The molecular weight excluding hydrogens is 236 g/mol. The Morgan fingerprint density at radius 2 is 1.93 bits per heavy atom. The SMILES string of the molecule is COc1c(CS(=O)(=O)Cl)ccc(C)c1C. The molecule has 0 amide bonds. The van der Waals surface area contributed by atoms with Crippen LogP contribution in [-0.4, -0.2) is 15.5 Å². The molecule has 0 saturated heterocycles. The predicted octanol–water partition coefficient (Wildman–Crippen LogP) is 2.38. The van der Waals surface area contributed by atoms with Gasteiger partial charge < -0.3 is 4.74 Å². The van der Waals surface area contributed by atoms with Crippen molar-refractivity contribution in [1.82, 2.24) is 0 Å². The summed E-state index contributed by atoms with van der Waals surface area (Å²) in [5.74, 6) is 0.387. The first-order valence-corrected chi connectivity index (χ1v) is 6.88. The third kappa shape index (κ3) is 3.11. The monoisotopic (exact) mass is 248 g/mol. The Hall–Kier alpha value is -0.740. The Balaban J connectivity index is 3.25. The van der Waals surface area contributed by atoms with Crippen molar-refractivity contribution >= 4 is 19.7 Å². The van der Waals surface area contributed by atoms with E-state index in [1.807, 2.05) is 19.9 Å². The molecule has 1 aromatic carbocycles. The molecule has 1 aromatic rings. The molecule has 0 aliphatic carbocycles. The summed E-state index contributed by atoms with van der Waals surface area (Å²) in [6.07, 6.45) is 0. The van der Waals surface area contributed by atoms with E-state index in [9.17, 15) is 8.42 Å². The Kier molecular flexibility index (Phi) is 3.62. The number of benzene rings is 1. The van der Waals surface area contributed by atoms with Gasteiger partial charge in [0.05, 0.1) is 12.9 Å². The molecule has 5 heteroatoms. The second kappa shape index (κ2) is 4.41. The maximum absolute atomic E-state index is 11.0. The predicted molar refractivity (Wildman–Crippen MR) is 60.9 cm³/mol. The van der Waals surface area contributed by atoms with Gasteiger partial charge in [-0.2, -0.15) is 0 Å². The third-order valence-electron chi connectivity index (χ3n) is 2.29. The van der Waals surface area contributed by atoms with E-state index in [1.54, 1.807) is 6.07 Å². The van der Waals surface area contributed by atoms with Crippen LogP contribution >= 0.6 is 10.7 Å². The van der Waals surface area contributed by atoms with Crippen LogP contribution < -0.4 is 4.74 Å². The number of halogens is 1. The number of hydrogen-bond acceptors (Lipinski definition) is 3. The smallest absolute Gasteiger partial charge is 0.236 e. The van der Waals surface area contributed by atoms with Gasteiger partial charge in [-0.3, -0.25) is 0 Å². The maximum Gasteiger partial charge on any atom is 0.236 e. The Morgan fingerprint density at radius 1 is 1.33 bits per heavy atom. The topological polar surface area (TPSA) is 43.4 Å². The van der Waals surface area contributed by atoms with Gasteiger partial charge in [-0.25, -0.2) is 8.42 Å². The molecule has 0 spiro atoms. The lowest BCUT2D eigenvalue weighted by atomic mass is 10.1. The first kappa shape index (κ1) is 12.3. The van der Waals surface area contributed by atoms with E-state index in [1.165, 1.54) is 7.11 Å². The zero-order chi connectivity index (χ0) is 11.6. The van der Waals surface area contributed by atoms with Gasteiger partial charge in [0.2, 0.25) is 9.05 Å². The highest BCUT2D eigenvalue weighted by Gasteiger charge is 2.14. The molecular formula is C10H13ClO3S. The Labute approximate surface area is 94.4 Å². The van der Waals surface area contributed by atoms with E-state index >= 15 is 0 Å². The van der Waals surface area contributed by atoms with E-state index in [0.29, 0.717) is 11.3 Å². The molecule has 0 radical (unpaired) electrons. The lowest BCUT2D eigenvalue weighted by Gasteiger charge is -2.12. The number of ether oxygens (including phenoxy) is 1. The van der Waals surface area contributed by atoms with Crippen molar-refractivity contribution in [3.05, 3.63) is 28.8 Å². The molecule has 0 aromatic heterocycles. The number of rotatable bonds is 3. The minimum absolute atomic E-state index is 0.209. The van der Waals surface area contributed by atoms with Crippen LogP contribution in [0.25, 0.3) is 0 Å². The molecule has 15 heavy (non-hydrogen) atoms. The molecule has 84 valence electrons. The highest BCUT2D eigenvalue weighted by Crippen LogP contribution is 2.28. The minimum Gasteiger partial charge on any atom is -0.496 e. The summed E-state index contributed by atoms with van der Waals surface area (Å²) in [5.41, 5.74) is 2.59. The third-order valence-corrected chi connectivity index (χ3v) is 3.27. The van der Waals surface area contributed by atoms with Crippen molar-refractivity contribution in [3.63, 3.8) is 0 Å². The Bertz CT molecular complexity index is 466. The van der Waals surface area contributed by atoms with Gasteiger partial charge in [-0.05, 0) is 25.0 Å². The fourth-order valence-electron chi connectivity index (χ4n) is 1.43. The Morgan fingerprint density at radius 3 is 2.40 bits per heavy atom. The van der Waals surface area contributed by atoms with Crippen LogP contribution in [0.15, 0.2) is 12.1 Å². The van der Waals surface area contributed by atoms with Gasteiger partial charge in [-0.15, -0.1) is 0 Å². The van der Waals surface area contributed by atoms with Gasteiger partial charge in [0, 0.05) is 16.2 Å². The van der Waals surface area contributed by atoms with Crippen molar-refractivity contribution in [2.45, 2.75) is 19.6 Å². The average molecular weight is 249 g/mol. The highest BCUT2D eigenvalue weighted by molar-refractivity contribution is 8.13. The molecule has 0 aliphatic heterocycles. The normalized spacial score (nSPS) is 11.5. The van der Waals surface area contributed by atoms with E-state index in [-0.39, 0.29) is 5.75 Å². The lowest BCUT2D eigenvalue weighted by molar-refractivity contribution is 0.407. The second-order valence-electron chi connectivity index (χ2n) is 3.38. The number of aryl methyl sites for hydroxylation is 1. The zero-order valence-electron chi connectivity index (χ0n) is 8.87. The summed E-state index contributed by atoms with van der Waals surface area (Å²) in [4.78, 5) is 0. The number of methoxy groups -OCH3 is 1. The van der Waals surface area contributed by atoms with Crippen molar-refractivity contribution in [2.24, 2.45) is 0 Å². The molecule has 0 fully saturated rings. The van der Waals surface area contributed by atoms with Gasteiger partial charge >= 0.3 is 0 Å². The van der Waals surface area contributed by atoms with E-state index < -0.39 is 9.05 Å². The van der Waals surface area contributed by atoms with Crippen LogP contribution in [0.5, 0.6) is 5.75 Å². The van der Waals surface area contributed by atoms with Gasteiger partial charge in [0.15, 0.2) is 0 Å². The van der Waals surface area contributed by atoms with Crippen LogP contribution in [0, 0.1) is 13.8 Å². The zero-order valence-corrected chi connectivity index (χ0v) is 10.4. The molecule has 0 bridgehead atoms. The van der Waals surface area contributed by atoms with Crippen molar-refractivity contribution in [1.29, 1.82) is 0 Å². The summed E-state index contributed by atoms with van der Waals surface area (Å²) < 4.78 is 27.1. The fourth-order valence-corrected chi connectivity index (χ4v) is 2.38. The molecule has 0 heterocycles. The molecule has 1 rings (SSSR count). The lowest BCUT2D eigenvalue weighted by Crippen LogP contribution is -2.01. The summed E-state index contributed by atoms with van der Waals surface area (Å²) in [6.45, 7) is 3.83. The van der Waals surface area contributed by atoms with Gasteiger partial charge in [0.1, 0.15) is 5.75 Å². The fraction of sp³-hybridized carbons (Fsp3) is 0.400. The van der Waals surface area contributed by atoms with Crippen molar-refractivity contribution in [2.75, 3.05) is 7.11 Å². The van der Waals surface area contributed by atoms with Crippen LogP contribution in [0.2, 0.25) is 0 Å². The molecule has 0 N–H and O–H groups in total. The second-order valence-corrected chi connectivity index (χ2v) is 6.16. The number of hydrogen-bond donors (Lipinski definition) is 0. The summed E-state index contributed by atoms with van der Waals surface area (Å²) in [6, 6.07) is 3.58. The van der Waals surface area contributed by atoms with Crippen LogP contribution in [-0.2, 0) is 14.8 Å². The van der Waals surface area contributed by atoms with Crippen LogP contribution in [0.1, 0.15) is 16.7 Å². The molecule has 0 atom stereocenters. The average Bonchev–Trinajstić information content (AvgIpc) is 2.10. The molecule has 0 unspecified atom stereocenters. The van der Waals surface area contributed by atoms with E-state index in [0.717, 1.165) is 11.1 Å². The first-order chi connectivity index (χ1) is 6.85. The van der Waals surface area contributed by atoms with Crippen LogP contribution in [0.4, 0.5) is 0 Å². The van der Waals surface area contributed by atoms with E-state index in [4.69, 9.17) is 15.4 Å². The summed E-state index contributed by atoms with van der Waals surface area (Å²) >= 11 is 0. The van der Waals surface area contributed by atoms with Gasteiger partial charge in [-0.1, -0.05) is 12.1 Å². The quantitative estimate of drug-likeness (QED) is 0.772. The van der Waals surface area contributed by atoms with Crippen molar-refractivity contribution in [3.8, 4) is 5.75 Å². The molecule has 0 aliphatic rings. The summed E-state index contributed by atoms with van der Waals surface area (Å²) in [5, 5.41) is 0. The first-order valence-electron chi connectivity index (χ1n) is 4.40. The van der Waals surface area contributed by atoms with Gasteiger partial charge in [0.25, 0.3) is 0 Å². The highest BCUT2D eigenvalue weighted by atomic mass is 35.7. The molecule has 3 nitrogen and oxygen atoms in total. The molecule has 0 saturated carbocycles.